The van der Waals surface area contributed by atoms with Gasteiger partial charge in [0.15, 0.2) is 5.78 Å². The van der Waals surface area contributed by atoms with Crippen molar-refractivity contribution in [2.75, 3.05) is 0 Å². The molecule has 0 unspecified atom stereocenters. The van der Waals surface area contributed by atoms with Crippen molar-refractivity contribution in [1.29, 1.82) is 0 Å². The van der Waals surface area contributed by atoms with Crippen molar-refractivity contribution in [1.82, 2.24) is 4.98 Å². The van der Waals surface area contributed by atoms with Gasteiger partial charge >= 0.3 is 0 Å². The summed E-state index contributed by atoms with van der Waals surface area (Å²) in [7, 11) is 0. The SMILES string of the molecule is CCC(=O)c1cc(Br)[nH]c1C. The Bertz CT molecular complexity index is 278. The zero-order chi connectivity index (χ0) is 8.43. The molecule has 0 aliphatic carbocycles. The third kappa shape index (κ3) is 1.71. The van der Waals surface area contributed by atoms with Crippen molar-refractivity contribution in [2.24, 2.45) is 0 Å². The van der Waals surface area contributed by atoms with Crippen molar-refractivity contribution in [3.63, 3.8) is 0 Å². The van der Waals surface area contributed by atoms with Gasteiger partial charge in [0, 0.05) is 17.7 Å². The van der Waals surface area contributed by atoms with E-state index in [9.17, 15) is 4.79 Å². The fraction of sp³-hybridized carbons (Fsp3) is 0.375. The predicted octanol–water partition coefficient (Wildman–Crippen LogP) is 2.68. The van der Waals surface area contributed by atoms with Gasteiger partial charge in [0.05, 0.1) is 4.60 Å². The number of hydrogen-bond donors (Lipinski definition) is 1. The first-order chi connectivity index (χ1) is 5.15. The average Bonchev–Trinajstić information content (AvgIpc) is 2.28. The van der Waals surface area contributed by atoms with E-state index in [1.54, 1.807) is 0 Å². The number of nitrogens with one attached hydrogen (secondary N) is 1. The van der Waals surface area contributed by atoms with E-state index in [4.69, 9.17) is 0 Å². The Balaban J connectivity index is 3.03. The lowest BCUT2D eigenvalue weighted by Gasteiger charge is -1.92. The van der Waals surface area contributed by atoms with E-state index in [0.29, 0.717) is 6.42 Å². The first-order valence-corrected chi connectivity index (χ1v) is 4.32. The van der Waals surface area contributed by atoms with Crippen molar-refractivity contribution in [3.05, 3.63) is 21.9 Å². The molecule has 0 aromatic carbocycles. The highest BCUT2D eigenvalue weighted by Crippen LogP contribution is 2.16. The quantitative estimate of drug-likeness (QED) is 0.757. The maximum absolute atomic E-state index is 11.2. The van der Waals surface area contributed by atoms with E-state index in [1.807, 2.05) is 19.9 Å². The molecular weight excluding hydrogens is 206 g/mol. The van der Waals surface area contributed by atoms with Crippen molar-refractivity contribution in [2.45, 2.75) is 20.3 Å². The number of halogens is 1. The van der Waals surface area contributed by atoms with Crippen LogP contribution in [0.15, 0.2) is 10.7 Å². The molecule has 0 bridgehead atoms. The van der Waals surface area contributed by atoms with Crippen LogP contribution in [-0.2, 0) is 0 Å². The molecule has 11 heavy (non-hydrogen) atoms. The average molecular weight is 216 g/mol. The number of ketones is 1. The maximum atomic E-state index is 11.2. The van der Waals surface area contributed by atoms with Gasteiger partial charge in [-0.1, -0.05) is 6.92 Å². The number of hydrogen-bond acceptors (Lipinski definition) is 1. The molecule has 0 radical (unpaired) electrons. The highest BCUT2D eigenvalue weighted by atomic mass is 79.9. The molecule has 1 heterocycles. The van der Waals surface area contributed by atoms with Crippen LogP contribution in [0, 0.1) is 6.92 Å². The molecule has 0 atom stereocenters. The summed E-state index contributed by atoms with van der Waals surface area (Å²) >= 11 is 3.27. The van der Waals surface area contributed by atoms with Gasteiger partial charge in [-0.15, -0.1) is 0 Å². The number of Topliss-reactive ketones (excluding diaryl/α,β-unsaturated/α-hetero) is 1. The molecule has 0 saturated heterocycles. The summed E-state index contributed by atoms with van der Waals surface area (Å²) < 4.78 is 0.867. The molecule has 0 fully saturated rings. The Kier molecular flexibility index (Phi) is 2.49. The summed E-state index contributed by atoms with van der Waals surface area (Å²) in [5.41, 5.74) is 1.73. The van der Waals surface area contributed by atoms with Crippen LogP contribution in [0.1, 0.15) is 29.4 Å². The number of carbonyl (C=O) groups excluding carboxylic acids is 1. The van der Waals surface area contributed by atoms with Gasteiger partial charge in [-0.05, 0) is 28.9 Å². The van der Waals surface area contributed by atoms with Crippen LogP contribution in [0.25, 0.3) is 0 Å². The minimum Gasteiger partial charge on any atom is -0.353 e. The minimum atomic E-state index is 0.185. The lowest BCUT2D eigenvalue weighted by atomic mass is 10.1. The van der Waals surface area contributed by atoms with Crippen LogP contribution in [0.3, 0.4) is 0 Å². The highest BCUT2D eigenvalue weighted by Gasteiger charge is 2.08. The zero-order valence-corrected chi connectivity index (χ0v) is 8.16. The second kappa shape index (κ2) is 3.22. The van der Waals surface area contributed by atoms with Gasteiger partial charge in [0.2, 0.25) is 0 Å². The maximum Gasteiger partial charge on any atom is 0.164 e. The number of H-pyrrole nitrogens is 1. The van der Waals surface area contributed by atoms with Crippen LogP contribution >= 0.6 is 15.9 Å². The lowest BCUT2D eigenvalue weighted by Crippen LogP contribution is -1.96. The molecule has 3 heteroatoms. The van der Waals surface area contributed by atoms with Gasteiger partial charge in [0.25, 0.3) is 0 Å². The summed E-state index contributed by atoms with van der Waals surface area (Å²) in [4.78, 5) is 14.2. The second-order valence-corrected chi connectivity index (χ2v) is 3.29. The minimum absolute atomic E-state index is 0.185. The molecule has 1 aromatic heterocycles. The van der Waals surface area contributed by atoms with Crippen LogP contribution < -0.4 is 0 Å². The molecule has 60 valence electrons. The number of rotatable bonds is 2. The zero-order valence-electron chi connectivity index (χ0n) is 6.57. The Morgan fingerprint density at radius 1 is 1.73 bits per heavy atom. The van der Waals surface area contributed by atoms with Gasteiger partial charge in [-0.2, -0.15) is 0 Å². The van der Waals surface area contributed by atoms with E-state index in [-0.39, 0.29) is 5.78 Å². The normalized spacial score (nSPS) is 10.1. The molecular formula is C8H10BrNO. The van der Waals surface area contributed by atoms with Crippen molar-refractivity contribution >= 4 is 21.7 Å². The standard InChI is InChI=1S/C8H10BrNO/c1-3-7(11)6-4-8(9)10-5(6)2/h4,10H,3H2,1-2H3. The summed E-state index contributed by atoms with van der Waals surface area (Å²) in [5.74, 6) is 0.185. The summed E-state index contributed by atoms with van der Waals surface area (Å²) in [6.45, 7) is 3.76. The molecule has 1 N–H and O–H groups in total. The summed E-state index contributed by atoms with van der Waals surface area (Å²) in [5, 5.41) is 0. The lowest BCUT2D eigenvalue weighted by molar-refractivity contribution is 0.0987. The second-order valence-electron chi connectivity index (χ2n) is 2.43. The molecule has 0 spiro atoms. The van der Waals surface area contributed by atoms with E-state index >= 15 is 0 Å². The third-order valence-electron chi connectivity index (χ3n) is 1.60. The van der Waals surface area contributed by atoms with Gasteiger partial charge in [-0.3, -0.25) is 4.79 Å². The molecule has 0 aliphatic rings. The Morgan fingerprint density at radius 2 is 2.36 bits per heavy atom. The van der Waals surface area contributed by atoms with Crippen LogP contribution in [0.4, 0.5) is 0 Å². The molecule has 1 rings (SSSR count). The summed E-state index contributed by atoms with van der Waals surface area (Å²) in [6.07, 6.45) is 0.561. The smallest absolute Gasteiger partial charge is 0.164 e. The fourth-order valence-corrected chi connectivity index (χ4v) is 1.52. The van der Waals surface area contributed by atoms with Crippen molar-refractivity contribution in [3.8, 4) is 0 Å². The number of aryl methyl sites for hydroxylation is 1. The van der Waals surface area contributed by atoms with E-state index in [1.165, 1.54) is 0 Å². The van der Waals surface area contributed by atoms with E-state index in [0.717, 1.165) is 15.9 Å². The van der Waals surface area contributed by atoms with E-state index in [2.05, 4.69) is 20.9 Å². The first kappa shape index (κ1) is 8.53. The van der Waals surface area contributed by atoms with Crippen molar-refractivity contribution < 1.29 is 4.79 Å². The van der Waals surface area contributed by atoms with Crippen LogP contribution in [-0.4, -0.2) is 10.8 Å². The predicted molar refractivity (Wildman–Crippen MR) is 47.9 cm³/mol. The van der Waals surface area contributed by atoms with Gasteiger partial charge < -0.3 is 4.98 Å². The molecule has 0 amide bonds. The highest BCUT2D eigenvalue weighted by molar-refractivity contribution is 9.10. The van der Waals surface area contributed by atoms with Gasteiger partial charge in [0.1, 0.15) is 0 Å². The number of aromatic amines is 1. The van der Waals surface area contributed by atoms with Crippen LogP contribution in [0.2, 0.25) is 0 Å². The fourth-order valence-electron chi connectivity index (χ4n) is 0.998. The monoisotopic (exact) mass is 215 g/mol. The molecule has 1 aromatic rings. The Labute approximate surface area is 74.1 Å². The number of aromatic nitrogens is 1. The third-order valence-corrected chi connectivity index (χ3v) is 2.03. The summed E-state index contributed by atoms with van der Waals surface area (Å²) in [6, 6.07) is 1.82. The van der Waals surface area contributed by atoms with Gasteiger partial charge in [-0.25, -0.2) is 0 Å². The Hall–Kier alpha value is -0.570. The largest absolute Gasteiger partial charge is 0.353 e. The topological polar surface area (TPSA) is 32.9 Å². The molecule has 0 saturated carbocycles. The number of carbonyl (C=O) groups is 1. The first-order valence-electron chi connectivity index (χ1n) is 3.53. The Morgan fingerprint density at radius 3 is 2.73 bits per heavy atom. The van der Waals surface area contributed by atoms with E-state index < -0.39 is 0 Å². The molecule has 2 nitrogen and oxygen atoms in total. The van der Waals surface area contributed by atoms with Crippen LogP contribution in [0.5, 0.6) is 0 Å². The molecule has 0 aliphatic heterocycles.